The van der Waals surface area contributed by atoms with Gasteiger partial charge in [-0.1, -0.05) is 66.7 Å². The SMILES string of the molecule is CC(C)(C)OC(=O)NCCCCN.CC(C)(C)OC(=O)NCCCCNc1c([N+](=O)[O-])c(Cl)nc2ccc(Br)cc12.O=[N+]([O-])c1c(Cl)nc2ccc(Br)cc2c1Cl. The van der Waals surface area contributed by atoms with E-state index in [0.29, 0.717) is 66.5 Å². The van der Waals surface area contributed by atoms with Gasteiger partial charge in [0.25, 0.3) is 0 Å². The minimum Gasteiger partial charge on any atom is -0.444 e. The van der Waals surface area contributed by atoms with Crippen LogP contribution in [0.4, 0.5) is 26.7 Å². The third-order valence-electron chi connectivity index (χ3n) is 6.93. The van der Waals surface area contributed by atoms with Crippen LogP contribution in [0, 0.1) is 20.2 Å². The monoisotopic (exact) mass is 980 g/mol. The Balaban J connectivity index is 0.000000326. The van der Waals surface area contributed by atoms with E-state index in [0.717, 1.165) is 21.8 Å². The van der Waals surface area contributed by atoms with Gasteiger partial charge in [0.2, 0.25) is 10.3 Å². The summed E-state index contributed by atoms with van der Waals surface area (Å²) in [5.41, 5.74) is 5.14. The molecule has 5 N–H and O–H groups in total. The maximum atomic E-state index is 11.6. The van der Waals surface area contributed by atoms with Crippen LogP contribution < -0.4 is 21.7 Å². The van der Waals surface area contributed by atoms with Crippen molar-refractivity contribution < 1.29 is 28.9 Å². The van der Waals surface area contributed by atoms with E-state index in [2.05, 4.69) is 57.8 Å². The fourth-order valence-electron chi connectivity index (χ4n) is 4.60. The maximum absolute atomic E-state index is 11.6. The molecule has 2 amide bonds. The second-order valence-corrected chi connectivity index (χ2v) is 16.9. The van der Waals surface area contributed by atoms with E-state index < -0.39 is 27.1 Å². The molecule has 0 spiro atoms. The number of nitrogens with zero attached hydrogens (tertiary/aromatic N) is 4. The van der Waals surface area contributed by atoms with Crippen LogP contribution in [0.5, 0.6) is 0 Å². The Labute approximate surface area is 361 Å². The summed E-state index contributed by atoms with van der Waals surface area (Å²) in [6, 6.07) is 10.4. The van der Waals surface area contributed by atoms with Gasteiger partial charge in [0, 0.05) is 39.4 Å². The summed E-state index contributed by atoms with van der Waals surface area (Å²) in [5, 5.41) is 31.4. The number of nitro groups is 2. The van der Waals surface area contributed by atoms with Crippen LogP contribution in [0.25, 0.3) is 21.8 Å². The van der Waals surface area contributed by atoms with Crippen LogP contribution in [-0.4, -0.2) is 69.4 Å². The molecule has 0 radical (unpaired) electrons. The van der Waals surface area contributed by atoms with Crippen molar-refractivity contribution in [3.8, 4) is 0 Å². The van der Waals surface area contributed by atoms with Gasteiger partial charge in [0.05, 0.1) is 20.9 Å². The highest BCUT2D eigenvalue weighted by atomic mass is 79.9. The van der Waals surface area contributed by atoms with Gasteiger partial charge in [-0.2, -0.15) is 0 Å². The van der Waals surface area contributed by atoms with Crippen LogP contribution in [0.15, 0.2) is 45.3 Å². The number of anilines is 1. The summed E-state index contributed by atoms with van der Waals surface area (Å²) in [6.07, 6.45) is 2.37. The van der Waals surface area contributed by atoms with E-state index in [1.54, 1.807) is 57.2 Å². The normalized spacial score (nSPS) is 11.1. The molecular formula is C36H45Br2Cl3N8O8. The Kier molecular flexibility index (Phi) is 19.9. The second kappa shape index (κ2) is 23.0. The Morgan fingerprint density at radius 3 is 1.60 bits per heavy atom. The number of aromatic nitrogens is 2. The lowest BCUT2D eigenvalue weighted by atomic mass is 10.1. The van der Waals surface area contributed by atoms with Crippen LogP contribution >= 0.6 is 66.7 Å². The summed E-state index contributed by atoms with van der Waals surface area (Å²) in [5.74, 6) is 0. The maximum Gasteiger partial charge on any atom is 0.407 e. The smallest absolute Gasteiger partial charge is 0.407 e. The van der Waals surface area contributed by atoms with Crippen molar-refractivity contribution in [2.45, 2.75) is 78.4 Å². The molecule has 0 aliphatic heterocycles. The van der Waals surface area contributed by atoms with Crippen LogP contribution in [0.3, 0.4) is 0 Å². The molecule has 0 saturated heterocycles. The van der Waals surface area contributed by atoms with Gasteiger partial charge in [-0.3, -0.25) is 20.2 Å². The molecule has 2 aromatic carbocycles. The highest BCUT2D eigenvalue weighted by Gasteiger charge is 2.25. The first-order valence-corrected chi connectivity index (χ1v) is 20.2. The lowest BCUT2D eigenvalue weighted by Crippen LogP contribution is -2.33. The van der Waals surface area contributed by atoms with Crippen molar-refractivity contribution >= 4 is 118 Å². The van der Waals surface area contributed by atoms with E-state index in [4.69, 9.17) is 50.0 Å². The highest BCUT2D eigenvalue weighted by Crippen LogP contribution is 2.39. The van der Waals surface area contributed by atoms with Crippen molar-refractivity contribution in [1.82, 2.24) is 20.6 Å². The summed E-state index contributed by atoms with van der Waals surface area (Å²) in [7, 11) is 0. The summed E-state index contributed by atoms with van der Waals surface area (Å²) in [4.78, 5) is 51.7. The van der Waals surface area contributed by atoms with Gasteiger partial charge < -0.3 is 31.2 Å². The molecule has 0 fully saturated rings. The third kappa shape index (κ3) is 17.3. The zero-order chi connectivity index (χ0) is 43.1. The lowest BCUT2D eigenvalue weighted by Gasteiger charge is -2.19. The summed E-state index contributed by atoms with van der Waals surface area (Å²) >= 11 is 24.3. The highest BCUT2D eigenvalue weighted by molar-refractivity contribution is 9.10. The molecular weight excluding hydrogens is 939 g/mol. The molecule has 0 unspecified atom stereocenters. The Bertz CT molecular complexity index is 2050. The molecule has 0 bridgehead atoms. The van der Waals surface area contributed by atoms with E-state index in [-0.39, 0.29) is 32.8 Å². The van der Waals surface area contributed by atoms with E-state index in [9.17, 15) is 29.8 Å². The summed E-state index contributed by atoms with van der Waals surface area (Å²) in [6.45, 7) is 13.1. The standard InChI is InChI=1S/C18H22BrClN4O4.C9H3BrCl2N2O2.C9H20N2O2/c1-18(2,3)28-17(25)22-9-5-4-8-21-14-12-10-11(19)6-7-13(12)23-16(20)15(14)24(26)27;10-4-1-2-6-5(3-4)7(11)8(14(15)16)9(12)13-6;1-9(2,3)13-8(12)11-7-5-4-6-10/h6-7,10H,4-5,8-9H2,1-3H3,(H,21,23)(H,22,25);1-3H;4-7,10H2,1-3H3,(H,11,12). The number of benzene rings is 2. The molecule has 4 aromatic rings. The Hall–Kier alpha value is -3.81. The molecule has 16 nitrogen and oxygen atoms in total. The van der Waals surface area contributed by atoms with E-state index in [1.165, 1.54) is 0 Å². The first-order chi connectivity index (χ1) is 26.5. The van der Waals surface area contributed by atoms with Gasteiger partial charge in [-0.05, 0) is 110 Å². The van der Waals surface area contributed by atoms with Crippen molar-refractivity contribution in [2.24, 2.45) is 5.73 Å². The van der Waals surface area contributed by atoms with Crippen LogP contribution in [-0.2, 0) is 9.47 Å². The topological polar surface area (TPSA) is 227 Å². The van der Waals surface area contributed by atoms with E-state index >= 15 is 0 Å². The number of hydrogen-bond acceptors (Lipinski definition) is 12. The molecule has 0 aliphatic rings. The zero-order valence-electron chi connectivity index (χ0n) is 32.1. The summed E-state index contributed by atoms with van der Waals surface area (Å²) < 4.78 is 11.7. The zero-order valence-corrected chi connectivity index (χ0v) is 37.6. The van der Waals surface area contributed by atoms with Crippen LogP contribution in [0.2, 0.25) is 15.3 Å². The molecule has 0 atom stereocenters. The predicted molar refractivity (Wildman–Crippen MR) is 232 cm³/mol. The van der Waals surface area contributed by atoms with Crippen LogP contribution in [0.1, 0.15) is 67.2 Å². The first-order valence-electron chi connectivity index (χ1n) is 17.4. The number of unbranched alkanes of at least 4 members (excludes halogenated alkanes) is 2. The van der Waals surface area contributed by atoms with Gasteiger partial charge in [-0.15, -0.1) is 0 Å². The molecule has 4 rings (SSSR count). The third-order valence-corrected chi connectivity index (χ3v) is 8.83. The molecule has 0 aliphatic carbocycles. The predicted octanol–water partition coefficient (Wildman–Crippen LogP) is 10.7. The molecule has 312 valence electrons. The van der Waals surface area contributed by atoms with Gasteiger partial charge >= 0.3 is 23.6 Å². The number of fused-ring (bicyclic) bond motifs is 2. The number of carbonyl (C=O) groups is 2. The largest absolute Gasteiger partial charge is 0.444 e. The Morgan fingerprint density at radius 2 is 1.14 bits per heavy atom. The Morgan fingerprint density at radius 1 is 0.719 bits per heavy atom. The van der Waals surface area contributed by atoms with Crippen molar-refractivity contribution in [1.29, 1.82) is 0 Å². The molecule has 21 heteroatoms. The minimum absolute atomic E-state index is 0.00120. The molecule has 57 heavy (non-hydrogen) atoms. The quantitative estimate of drug-likeness (QED) is 0.0450. The first kappa shape index (κ1) is 49.3. The van der Waals surface area contributed by atoms with Gasteiger partial charge in [0.1, 0.15) is 21.9 Å². The number of hydrogen-bond donors (Lipinski definition) is 4. The van der Waals surface area contributed by atoms with Crippen molar-refractivity contribution in [3.05, 3.63) is 80.9 Å². The fraction of sp³-hybridized carbons (Fsp3) is 0.444. The number of nitrogens with two attached hydrogens (primary N) is 1. The number of carbonyl (C=O) groups excluding carboxylic acids is 2. The van der Waals surface area contributed by atoms with E-state index in [1.807, 2.05) is 20.8 Å². The van der Waals surface area contributed by atoms with Crippen molar-refractivity contribution in [2.75, 3.05) is 31.5 Å². The molecule has 0 saturated carbocycles. The number of halogens is 5. The number of amides is 2. The average Bonchev–Trinajstić information content (AvgIpc) is 3.07. The number of rotatable bonds is 12. The van der Waals surface area contributed by atoms with Crippen molar-refractivity contribution in [3.63, 3.8) is 0 Å². The van der Waals surface area contributed by atoms with Gasteiger partial charge in [-0.25, -0.2) is 19.6 Å². The minimum atomic E-state index is -0.641. The molecule has 2 heterocycles. The number of pyridine rings is 2. The second-order valence-electron chi connectivity index (χ2n) is 14.0. The average molecular weight is 984 g/mol. The number of ether oxygens (including phenoxy) is 2. The fourth-order valence-corrected chi connectivity index (χ4v) is 6.19. The number of nitrogens with one attached hydrogen (secondary N) is 3. The lowest BCUT2D eigenvalue weighted by molar-refractivity contribution is -0.384. The molecule has 2 aromatic heterocycles. The number of alkyl carbamates (subject to hydrolysis) is 2. The van der Waals surface area contributed by atoms with Gasteiger partial charge in [0.15, 0.2) is 0 Å².